The number of nitrogens with zero attached hydrogens (tertiary/aromatic N) is 1. The maximum Gasteiger partial charge on any atom is 0.344 e. The Morgan fingerprint density at radius 1 is 1.14 bits per heavy atom. The van der Waals surface area contributed by atoms with Crippen molar-refractivity contribution >= 4 is 28.5 Å². The number of carbonyl (C=O) groups is 1. The van der Waals surface area contributed by atoms with Gasteiger partial charge in [0.05, 0.1) is 12.0 Å². The Bertz CT molecular complexity index is 1240. The van der Waals surface area contributed by atoms with E-state index in [9.17, 15) is 9.59 Å². The van der Waals surface area contributed by atoms with Gasteiger partial charge < -0.3 is 13.7 Å². The molecule has 4 rings (SSSR count). The summed E-state index contributed by atoms with van der Waals surface area (Å²) in [6.07, 6.45) is 0.444. The number of ether oxygens (including phenoxy) is 1. The molecule has 0 radical (unpaired) electrons. The van der Waals surface area contributed by atoms with Crippen LogP contribution in [0.15, 0.2) is 68.3 Å². The Hall–Kier alpha value is -3.38. The van der Waals surface area contributed by atoms with Crippen LogP contribution in [0.1, 0.15) is 17.7 Å². The van der Waals surface area contributed by atoms with Crippen molar-refractivity contribution in [3.63, 3.8) is 0 Å². The number of rotatable bonds is 5. The van der Waals surface area contributed by atoms with Crippen molar-refractivity contribution in [3.05, 3.63) is 81.5 Å². The van der Waals surface area contributed by atoms with Crippen LogP contribution in [0.5, 0.6) is 5.75 Å². The van der Waals surface area contributed by atoms with E-state index >= 15 is 0 Å². The van der Waals surface area contributed by atoms with Gasteiger partial charge in [-0.05, 0) is 36.2 Å². The van der Waals surface area contributed by atoms with Crippen LogP contribution < -0.4 is 10.4 Å². The third-order valence-electron chi connectivity index (χ3n) is 4.54. The summed E-state index contributed by atoms with van der Waals surface area (Å²) in [6, 6.07) is 15.8. The molecule has 0 saturated carbocycles. The smallest absolute Gasteiger partial charge is 0.344 e. The van der Waals surface area contributed by atoms with Crippen molar-refractivity contribution in [1.29, 1.82) is 0 Å². The predicted octanol–water partition coefficient (Wildman–Crippen LogP) is 4.95. The molecule has 0 atom stereocenters. The summed E-state index contributed by atoms with van der Waals surface area (Å²) in [5.74, 6) is 0.458. The van der Waals surface area contributed by atoms with Gasteiger partial charge in [0.15, 0.2) is 5.15 Å². The molecule has 7 heteroatoms. The predicted molar refractivity (Wildman–Crippen MR) is 108 cm³/mol. The number of carbonyl (C=O) groups excluding carboxylic acids is 1. The second-order valence-corrected chi connectivity index (χ2v) is 6.89. The van der Waals surface area contributed by atoms with Gasteiger partial charge in [0.2, 0.25) is 0 Å². The first kappa shape index (κ1) is 19.0. The number of benzene rings is 2. The van der Waals surface area contributed by atoms with E-state index < -0.39 is 11.6 Å². The standard InChI is InChI=1S/C22H16ClNO5/c1-13-17-11-15(27-20(25)10-8-16-12-19(23)24-29-16)7-9-18(17)28-22(26)21(13)14-5-3-2-4-6-14/h2-7,9,11-12H,8,10H2,1H3. The zero-order valence-corrected chi connectivity index (χ0v) is 16.2. The lowest BCUT2D eigenvalue weighted by molar-refractivity contribution is -0.134. The number of esters is 1. The summed E-state index contributed by atoms with van der Waals surface area (Å²) in [4.78, 5) is 24.6. The number of hydrogen-bond acceptors (Lipinski definition) is 6. The third-order valence-corrected chi connectivity index (χ3v) is 4.71. The number of fused-ring (bicyclic) bond motifs is 1. The summed E-state index contributed by atoms with van der Waals surface area (Å²) in [5.41, 5.74) is 2.05. The molecule has 2 aromatic heterocycles. The molecule has 6 nitrogen and oxygen atoms in total. The SMILES string of the molecule is Cc1c(-c2ccccc2)c(=O)oc2ccc(OC(=O)CCc3cc(Cl)no3)cc12. The fraction of sp³-hybridized carbons (Fsp3) is 0.136. The monoisotopic (exact) mass is 409 g/mol. The van der Waals surface area contributed by atoms with Gasteiger partial charge in [-0.1, -0.05) is 47.1 Å². The quantitative estimate of drug-likeness (QED) is 0.263. The van der Waals surface area contributed by atoms with Crippen LogP contribution >= 0.6 is 11.6 Å². The molecule has 0 fully saturated rings. The Morgan fingerprint density at radius 3 is 2.66 bits per heavy atom. The fourth-order valence-electron chi connectivity index (χ4n) is 3.15. The first-order valence-electron chi connectivity index (χ1n) is 8.96. The van der Waals surface area contributed by atoms with E-state index in [-0.39, 0.29) is 11.6 Å². The third kappa shape index (κ3) is 4.07. The van der Waals surface area contributed by atoms with Gasteiger partial charge in [-0.25, -0.2) is 4.79 Å². The summed E-state index contributed by atoms with van der Waals surface area (Å²) < 4.78 is 15.9. The molecule has 146 valence electrons. The van der Waals surface area contributed by atoms with Crippen LogP contribution in [0.25, 0.3) is 22.1 Å². The van der Waals surface area contributed by atoms with Crippen molar-refractivity contribution in [1.82, 2.24) is 5.16 Å². The first-order valence-corrected chi connectivity index (χ1v) is 9.34. The Balaban J connectivity index is 1.60. The van der Waals surface area contributed by atoms with E-state index in [1.165, 1.54) is 0 Å². The summed E-state index contributed by atoms with van der Waals surface area (Å²) in [7, 11) is 0. The zero-order chi connectivity index (χ0) is 20.4. The van der Waals surface area contributed by atoms with E-state index in [2.05, 4.69) is 5.16 Å². The molecule has 0 unspecified atom stereocenters. The highest BCUT2D eigenvalue weighted by molar-refractivity contribution is 6.29. The van der Waals surface area contributed by atoms with E-state index in [4.69, 9.17) is 25.3 Å². The summed E-state index contributed by atoms with van der Waals surface area (Å²) in [6.45, 7) is 1.85. The van der Waals surface area contributed by atoms with Gasteiger partial charge in [-0.3, -0.25) is 4.79 Å². The highest BCUT2D eigenvalue weighted by Gasteiger charge is 2.15. The Kier molecular flexibility index (Phi) is 5.18. The number of hydrogen-bond donors (Lipinski definition) is 0. The molecule has 0 spiro atoms. The van der Waals surface area contributed by atoms with Crippen molar-refractivity contribution in [2.24, 2.45) is 0 Å². The van der Waals surface area contributed by atoms with Gasteiger partial charge in [0, 0.05) is 17.9 Å². The molecule has 0 saturated heterocycles. The first-order chi connectivity index (χ1) is 14.0. The van der Waals surface area contributed by atoms with E-state index in [1.807, 2.05) is 37.3 Å². The molecule has 0 N–H and O–H groups in total. The van der Waals surface area contributed by atoms with Crippen LogP contribution in [0.4, 0.5) is 0 Å². The average molecular weight is 410 g/mol. The molecular formula is C22H16ClNO5. The maximum absolute atomic E-state index is 12.5. The molecule has 2 aromatic carbocycles. The van der Waals surface area contributed by atoms with Gasteiger partial charge in [0.1, 0.15) is 17.1 Å². The second-order valence-electron chi connectivity index (χ2n) is 6.50. The molecule has 0 amide bonds. The Labute approximate surface area is 170 Å². The van der Waals surface area contributed by atoms with Crippen LogP contribution in [-0.2, 0) is 11.2 Å². The second kappa shape index (κ2) is 7.93. The van der Waals surface area contributed by atoms with E-state index in [0.717, 1.165) is 11.1 Å². The summed E-state index contributed by atoms with van der Waals surface area (Å²) >= 11 is 5.69. The normalized spacial score (nSPS) is 11.0. The van der Waals surface area contributed by atoms with Gasteiger partial charge in [-0.2, -0.15) is 0 Å². The van der Waals surface area contributed by atoms with Crippen LogP contribution in [-0.4, -0.2) is 11.1 Å². The molecule has 0 aliphatic heterocycles. The average Bonchev–Trinajstić information content (AvgIpc) is 3.13. The molecule has 4 aromatic rings. The maximum atomic E-state index is 12.5. The molecule has 0 aliphatic carbocycles. The molecule has 29 heavy (non-hydrogen) atoms. The lowest BCUT2D eigenvalue weighted by Gasteiger charge is -2.10. The van der Waals surface area contributed by atoms with Crippen LogP contribution in [0.2, 0.25) is 5.15 Å². The molecule has 0 bridgehead atoms. The van der Waals surface area contributed by atoms with E-state index in [0.29, 0.717) is 34.5 Å². The minimum absolute atomic E-state index is 0.113. The molecule has 2 heterocycles. The molecular weight excluding hydrogens is 394 g/mol. The highest BCUT2D eigenvalue weighted by atomic mass is 35.5. The van der Waals surface area contributed by atoms with Gasteiger partial charge in [0.25, 0.3) is 0 Å². The van der Waals surface area contributed by atoms with Gasteiger partial charge in [-0.15, -0.1) is 0 Å². The largest absolute Gasteiger partial charge is 0.426 e. The topological polar surface area (TPSA) is 82.5 Å². The van der Waals surface area contributed by atoms with Crippen LogP contribution in [0.3, 0.4) is 0 Å². The fourth-order valence-corrected chi connectivity index (χ4v) is 3.30. The zero-order valence-electron chi connectivity index (χ0n) is 15.5. The van der Waals surface area contributed by atoms with Crippen molar-refractivity contribution < 1.29 is 18.5 Å². The minimum Gasteiger partial charge on any atom is -0.426 e. The summed E-state index contributed by atoms with van der Waals surface area (Å²) in [5, 5.41) is 4.51. The van der Waals surface area contributed by atoms with Gasteiger partial charge >= 0.3 is 11.6 Å². The minimum atomic E-state index is -0.421. The highest BCUT2D eigenvalue weighted by Crippen LogP contribution is 2.29. The lowest BCUT2D eigenvalue weighted by atomic mass is 9.99. The van der Waals surface area contributed by atoms with Crippen molar-refractivity contribution in [2.45, 2.75) is 19.8 Å². The number of aryl methyl sites for hydroxylation is 2. The van der Waals surface area contributed by atoms with E-state index in [1.54, 1.807) is 24.3 Å². The lowest BCUT2D eigenvalue weighted by Crippen LogP contribution is -2.09. The number of halogens is 1. The van der Waals surface area contributed by atoms with Crippen molar-refractivity contribution in [3.8, 4) is 16.9 Å². The Morgan fingerprint density at radius 2 is 1.93 bits per heavy atom. The van der Waals surface area contributed by atoms with Crippen molar-refractivity contribution in [2.75, 3.05) is 0 Å². The molecule has 0 aliphatic rings. The van der Waals surface area contributed by atoms with Crippen LogP contribution in [0, 0.1) is 6.92 Å². The number of aromatic nitrogens is 1.